The van der Waals surface area contributed by atoms with Crippen molar-refractivity contribution in [2.45, 2.75) is 18.9 Å². The lowest BCUT2D eigenvalue weighted by Gasteiger charge is -2.17. The Morgan fingerprint density at radius 3 is 2.95 bits per heavy atom. The maximum Gasteiger partial charge on any atom is 0.250 e. The second-order valence-corrected chi connectivity index (χ2v) is 4.72. The van der Waals surface area contributed by atoms with E-state index in [0.29, 0.717) is 24.6 Å². The quantitative estimate of drug-likeness (QED) is 0.559. The highest BCUT2D eigenvalue weighted by Crippen LogP contribution is 2.30. The molecule has 2 N–H and O–H groups in total. The molecule has 0 aromatic heterocycles. The summed E-state index contributed by atoms with van der Waals surface area (Å²) < 4.78 is 9.96. The number of nitrogens with one attached hydrogen (secondary N) is 1. The van der Waals surface area contributed by atoms with E-state index in [1.807, 2.05) is 6.07 Å². The molecular weight excluding hydrogens is 260 g/mol. The molecule has 6 nitrogen and oxygen atoms in total. The Hall–Kier alpha value is -1.63. The van der Waals surface area contributed by atoms with E-state index in [0.717, 1.165) is 12.8 Å². The molecule has 1 aliphatic rings. The smallest absolute Gasteiger partial charge is 0.250 e. The molecule has 2 rings (SSSR count). The lowest BCUT2D eigenvalue weighted by molar-refractivity contribution is -0.121. The summed E-state index contributed by atoms with van der Waals surface area (Å²) in [6, 6.07) is 7.33. The number of nitrogens with zero attached hydrogens (tertiary/aromatic N) is 1. The molecule has 1 saturated carbocycles. The van der Waals surface area contributed by atoms with Gasteiger partial charge in [-0.1, -0.05) is 6.07 Å². The van der Waals surface area contributed by atoms with E-state index in [4.69, 9.17) is 9.47 Å². The molecular formula is C14H20N2O4. The standard InChI is InChI=1S/C14H20N2O4/c1-19-7-8-20-10-14(17)15-11-3-2-4-13(9-11)16(18)12-5-6-12/h2-4,9,12,18H,5-8,10H2,1H3,(H,15,17). The summed E-state index contributed by atoms with van der Waals surface area (Å²) in [7, 11) is 1.58. The van der Waals surface area contributed by atoms with Gasteiger partial charge >= 0.3 is 0 Å². The predicted octanol–water partition coefficient (Wildman–Crippen LogP) is 1.65. The molecule has 110 valence electrons. The molecule has 0 radical (unpaired) electrons. The summed E-state index contributed by atoms with van der Waals surface area (Å²) in [5, 5.41) is 13.9. The minimum atomic E-state index is -0.228. The van der Waals surface area contributed by atoms with Gasteiger partial charge in [-0.25, -0.2) is 0 Å². The average molecular weight is 280 g/mol. The number of carbonyl (C=O) groups excluding carboxylic acids is 1. The topological polar surface area (TPSA) is 71.0 Å². The molecule has 0 spiro atoms. The normalized spacial score (nSPS) is 14.1. The number of hydrogen-bond acceptors (Lipinski definition) is 5. The molecule has 6 heteroatoms. The summed E-state index contributed by atoms with van der Waals surface area (Å²) in [5.74, 6) is -0.228. The van der Waals surface area contributed by atoms with E-state index in [1.54, 1.807) is 25.3 Å². The molecule has 1 aromatic rings. The average Bonchev–Trinajstić information content (AvgIpc) is 3.28. The van der Waals surface area contributed by atoms with Crippen LogP contribution in [0.3, 0.4) is 0 Å². The molecule has 0 atom stereocenters. The van der Waals surface area contributed by atoms with Crippen LogP contribution >= 0.6 is 0 Å². The SMILES string of the molecule is COCCOCC(=O)Nc1cccc(N(O)C2CC2)c1. The van der Waals surface area contributed by atoms with Gasteiger partial charge in [-0.2, -0.15) is 0 Å². The molecule has 0 bridgehead atoms. The summed E-state index contributed by atoms with van der Waals surface area (Å²) in [4.78, 5) is 11.6. The first-order valence-corrected chi connectivity index (χ1v) is 6.65. The number of hydroxylamine groups is 1. The summed E-state index contributed by atoms with van der Waals surface area (Å²) in [6.45, 7) is 0.832. The molecule has 0 heterocycles. The first kappa shape index (κ1) is 14.8. The van der Waals surface area contributed by atoms with Crippen LogP contribution in [-0.2, 0) is 14.3 Å². The van der Waals surface area contributed by atoms with Crippen LogP contribution in [0.5, 0.6) is 0 Å². The second-order valence-electron chi connectivity index (χ2n) is 4.72. The van der Waals surface area contributed by atoms with E-state index in [2.05, 4.69) is 5.32 Å². The number of ether oxygens (including phenoxy) is 2. The van der Waals surface area contributed by atoms with Crippen LogP contribution in [0, 0.1) is 0 Å². The van der Waals surface area contributed by atoms with Crippen molar-refractivity contribution in [1.29, 1.82) is 0 Å². The van der Waals surface area contributed by atoms with Crippen LogP contribution in [0.1, 0.15) is 12.8 Å². The van der Waals surface area contributed by atoms with Crippen LogP contribution in [0.2, 0.25) is 0 Å². The Morgan fingerprint density at radius 1 is 1.45 bits per heavy atom. The van der Waals surface area contributed by atoms with Gasteiger partial charge in [0.15, 0.2) is 0 Å². The van der Waals surface area contributed by atoms with Gasteiger partial charge in [-0.05, 0) is 31.0 Å². The Morgan fingerprint density at radius 2 is 2.25 bits per heavy atom. The molecule has 0 aliphatic heterocycles. The van der Waals surface area contributed by atoms with Crippen molar-refractivity contribution >= 4 is 17.3 Å². The Kier molecular flexibility index (Phi) is 5.34. The summed E-state index contributed by atoms with van der Waals surface area (Å²) in [6.07, 6.45) is 2.00. The van der Waals surface area contributed by atoms with Crippen molar-refractivity contribution < 1.29 is 19.5 Å². The first-order chi connectivity index (χ1) is 9.70. The highest BCUT2D eigenvalue weighted by Gasteiger charge is 2.28. The number of methoxy groups -OCH3 is 1. The molecule has 0 saturated heterocycles. The van der Waals surface area contributed by atoms with Gasteiger partial charge in [0.25, 0.3) is 0 Å². The molecule has 1 aliphatic carbocycles. The molecule has 1 fully saturated rings. The predicted molar refractivity (Wildman–Crippen MR) is 75.1 cm³/mol. The van der Waals surface area contributed by atoms with E-state index in [9.17, 15) is 10.0 Å². The summed E-state index contributed by atoms with van der Waals surface area (Å²) in [5.41, 5.74) is 1.33. The number of benzene rings is 1. The van der Waals surface area contributed by atoms with E-state index >= 15 is 0 Å². The Balaban J connectivity index is 1.82. The van der Waals surface area contributed by atoms with Crippen LogP contribution in [0.4, 0.5) is 11.4 Å². The first-order valence-electron chi connectivity index (χ1n) is 6.65. The van der Waals surface area contributed by atoms with Crippen LogP contribution < -0.4 is 10.4 Å². The third kappa shape index (κ3) is 4.48. The van der Waals surface area contributed by atoms with E-state index < -0.39 is 0 Å². The Labute approximate surface area is 118 Å². The van der Waals surface area contributed by atoms with Crippen molar-refractivity contribution in [2.75, 3.05) is 37.3 Å². The van der Waals surface area contributed by atoms with Gasteiger partial charge in [-0.3, -0.25) is 15.1 Å². The fraction of sp³-hybridized carbons (Fsp3) is 0.500. The van der Waals surface area contributed by atoms with Gasteiger partial charge in [0.1, 0.15) is 6.61 Å². The second kappa shape index (κ2) is 7.23. The monoisotopic (exact) mass is 280 g/mol. The fourth-order valence-corrected chi connectivity index (χ4v) is 1.76. The van der Waals surface area contributed by atoms with E-state index in [-0.39, 0.29) is 18.6 Å². The number of hydrogen-bond donors (Lipinski definition) is 2. The lowest BCUT2D eigenvalue weighted by Crippen LogP contribution is -2.22. The highest BCUT2D eigenvalue weighted by atomic mass is 16.5. The van der Waals surface area contributed by atoms with Crippen molar-refractivity contribution in [1.82, 2.24) is 0 Å². The zero-order chi connectivity index (χ0) is 14.4. The van der Waals surface area contributed by atoms with E-state index in [1.165, 1.54) is 5.06 Å². The van der Waals surface area contributed by atoms with Crippen LogP contribution in [0.15, 0.2) is 24.3 Å². The maximum absolute atomic E-state index is 11.6. The lowest BCUT2D eigenvalue weighted by atomic mass is 10.2. The highest BCUT2D eigenvalue weighted by molar-refractivity contribution is 5.92. The molecule has 1 amide bonds. The van der Waals surface area contributed by atoms with Crippen molar-refractivity contribution in [2.24, 2.45) is 0 Å². The van der Waals surface area contributed by atoms with Crippen LogP contribution in [0.25, 0.3) is 0 Å². The largest absolute Gasteiger partial charge is 0.382 e. The van der Waals surface area contributed by atoms with Crippen molar-refractivity contribution in [3.8, 4) is 0 Å². The Bertz CT molecular complexity index is 449. The summed E-state index contributed by atoms with van der Waals surface area (Å²) >= 11 is 0. The van der Waals surface area contributed by atoms with Gasteiger partial charge in [-0.15, -0.1) is 0 Å². The zero-order valence-electron chi connectivity index (χ0n) is 11.5. The maximum atomic E-state index is 11.6. The zero-order valence-corrected chi connectivity index (χ0v) is 11.5. The molecule has 20 heavy (non-hydrogen) atoms. The number of amides is 1. The number of carbonyl (C=O) groups is 1. The van der Waals surface area contributed by atoms with Gasteiger partial charge in [0, 0.05) is 12.8 Å². The van der Waals surface area contributed by atoms with Crippen molar-refractivity contribution in [3.05, 3.63) is 24.3 Å². The third-order valence-corrected chi connectivity index (χ3v) is 2.95. The van der Waals surface area contributed by atoms with Crippen molar-refractivity contribution in [3.63, 3.8) is 0 Å². The minimum Gasteiger partial charge on any atom is -0.382 e. The molecule has 0 unspecified atom stereocenters. The number of rotatable bonds is 8. The van der Waals surface area contributed by atoms with Crippen LogP contribution in [-0.4, -0.2) is 44.1 Å². The fourth-order valence-electron chi connectivity index (χ4n) is 1.76. The van der Waals surface area contributed by atoms with Gasteiger partial charge < -0.3 is 14.8 Å². The third-order valence-electron chi connectivity index (χ3n) is 2.95. The molecule has 1 aromatic carbocycles. The number of anilines is 2. The van der Waals surface area contributed by atoms with Gasteiger partial charge in [0.05, 0.1) is 24.9 Å². The van der Waals surface area contributed by atoms with Gasteiger partial charge in [0.2, 0.25) is 5.91 Å². The minimum absolute atomic E-state index is 0.0148.